The second-order valence-corrected chi connectivity index (χ2v) is 4.98. The normalized spacial score (nSPS) is 11.5. The van der Waals surface area contributed by atoms with Crippen LogP contribution in [0.3, 0.4) is 0 Å². The molecule has 0 atom stereocenters. The van der Waals surface area contributed by atoms with Crippen LogP contribution in [0, 0.1) is 13.8 Å². The second-order valence-electron chi connectivity index (χ2n) is 4.98. The Bertz CT molecular complexity index is 913. The van der Waals surface area contributed by atoms with Crippen molar-refractivity contribution in [2.24, 2.45) is 0 Å². The van der Waals surface area contributed by atoms with Gasteiger partial charge >= 0.3 is 5.84 Å². The van der Waals surface area contributed by atoms with Crippen LogP contribution in [0.15, 0.2) is 46.9 Å². The zero-order valence-electron chi connectivity index (χ0n) is 11.3. The van der Waals surface area contributed by atoms with E-state index in [4.69, 9.17) is 4.42 Å². The van der Waals surface area contributed by atoms with Crippen LogP contribution >= 0.6 is 0 Å². The van der Waals surface area contributed by atoms with Crippen LogP contribution in [0.1, 0.15) is 11.1 Å². The van der Waals surface area contributed by atoms with E-state index in [0.29, 0.717) is 5.84 Å². The lowest BCUT2D eigenvalue weighted by atomic mass is 10.0. The first kappa shape index (κ1) is 11.2. The van der Waals surface area contributed by atoms with Gasteiger partial charge in [0.15, 0.2) is 11.4 Å². The molecule has 0 aliphatic heterocycles. The van der Waals surface area contributed by atoms with E-state index in [1.54, 1.807) is 0 Å². The maximum absolute atomic E-state index is 5.72. The summed E-state index contributed by atoms with van der Waals surface area (Å²) in [6.45, 7) is 4.18. The molecule has 0 saturated heterocycles. The molecule has 0 aliphatic rings. The van der Waals surface area contributed by atoms with Gasteiger partial charge in [-0.3, -0.25) is 0 Å². The summed E-state index contributed by atoms with van der Waals surface area (Å²) in [5.74, 6) is 1.37. The van der Waals surface area contributed by atoms with E-state index in [0.717, 1.165) is 22.5 Å². The van der Waals surface area contributed by atoms with Crippen molar-refractivity contribution in [2.75, 3.05) is 0 Å². The Morgan fingerprint density at radius 2 is 1.65 bits per heavy atom. The molecule has 2 aromatic heterocycles. The van der Waals surface area contributed by atoms with Crippen LogP contribution < -0.4 is 0 Å². The second kappa shape index (κ2) is 3.93. The van der Waals surface area contributed by atoms with E-state index in [2.05, 4.69) is 42.2 Å². The maximum atomic E-state index is 5.72. The molecule has 2 aromatic carbocycles. The fourth-order valence-corrected chi connectivity index (χ4v) is 2.71. The highest BCUT2D eigenvalue weighted by Gasteiger charge is 2.17. The lowest BCUT2D eigenvalue weighted by Crippen LogP contribution is -1.93. The molecule has 4 rings (SSSR count). The maximum Gasteiger partial charge on any atom is 0.327 e. The van der Waals surface area contributed by atoms with Gasteiger partial charge < -0.3 is 4.42 Å². The largest absolute Gasteiger partial charge is 0.422 e. The fourth-order valence-electron chi connectivity index (χ4n) is 2.71. The van der Waals surface area contributed by atoms with Crippen LogP contribution in [0.4, 0.5) is 0 Å². The molecule has 0 N–H and O–H groups in total. The summed E-state index contributed by atoms with van der Waals surface area (Å²) in [5, 5.41) is 8.48. The summed E-state index contributed by atoms with van der Waals surface area (Å²) < 4.78 is 7.70. The van der Waals surface area contributed by atoms with Crippen molar-refractivity contribution in [1.29, 1.82) is 0 Å². The van der Waals surface area contributed by atoms with Gasteiger partial charge in [-0.05, 0) is 37.1 Å². The minimum Gasteiger partial charge on any atom is -0.422 e. The molecule has 0 amide bonds. The lowest BCUT2D eigenvalue weighted by molar-refractivity contribution is 0.637. The highest BCUT2D eigenvalue weighted by molar-refractivity contribution is 5.80. The molecule has 20 heavy (non-hydrogen) atoms. The number of aromatic nitrogens is 3. The summed E-state index contributed by atoms with van der Waals surface area (Å²) in [6.07, 6.45) is 0. The molecule has 4 heteroatoms. The monoisotopic (exact) mass is 263 g/mol. The average Bonchev–Trinajstić information content (AvgIpc) is 2.98. The van der Waals surface area contributed by atoms with Crippen molar-refractivity contribution < 1.29 is 4.42 Å². The molecule has 0 unspecified atom stereocenters. The minimum atomic E-state index is 0.531. The smallest absolute Gasteiger partial charge is 0.327 e. The van der Waals surface area contributed by atoms with Gasteiger partial charge in [0.25, 0.3) is 0 Å². The third-order valence-corrected chi connectivity index (χ3v) is 3.65. The number of aryl methyl sites for hydroxylation is 2. The summed E-state index contributed by atoms with van der Waals surface area (Å²) in [5.41, 5.74) is 5.30. The number of nitrogens with zero attached hydrogens (tertiary/aromatic N) is 3. The zero-order chi connectivity index (χ0) is 13.7. The van der Waals surface area contributed by atoms with Crippen molar-refractivity contribution in [3.8, 4) is 11.4 Å². The molecule has 0 fully saturated rings. The quantitative estimate of drug-likeness (QED) is 0.525. The molecule has 98 valence electrons. The number of oxazole rings is 1. The topological polar surface area (TPSA) is 43.3 Å². The van der Waals surface area contributed by atoms with Crippen molar-refractivity contribution in [3.05, 3.63) is 53.6 Å². The first-order valence-electron chi connectivity index (χ1n) is 6.55. The van der Waals surface area contributed by atoms with E-state index in [9.17, 15) is 0 Å². The molecule has 0 aliphatic carbocycles. The first-order chi connectivity index (χ1) is 9.75. The Hall–Kier alpha value is -2.62. The Morgan fingerprint density at radius 3 is 2.45 bits per heavy atom. The van der Waals surface area contributed by atoms with Crippen molar-refractivity contribution in [3.63, 3.8) is 0 Å². The molecule has 4 aromatic rings. The van der Waals surface area contributed by atoms with Gasteiger partial charge in [0.2, 0.25) is 0 Å². The molecule has 0 spiro atoms. The van der Waals surface area contributed by atoms with Gasteiger partial charge in [0.1, 0.15) is 0 Å². The van der Waals surface area contributed by atoms with Crippen LogP contribution in [0.2, 0.25) is 0 Å². The molecule has 4 nitrogen and oxygen atoms in total. The van der Waals surface area contributed by atoms with Gasteiger partial charge in [0, 0.05) is 5.56 Å². The average molecular weight is 263 g/mol. The van der Waals surface area contributed by atoms with E-state index in [-0.39, 0.29) is 0 Å². The van der Waals surface area contributed by atoms with Crippen molar-refractivity contribution in [2.45, 2.75) is 13.8 Å². The molecule has 2 heterocycles. The number of hydrogen-bond acceptors (Lipinski definition) is 3. The third-order valence-electron chi connectivity index (χ3n) is 3.65. The Labute approximate surface area is 115 Å². The standard InChI is InChI=1S/C16H13N3O/c1-10-6-5-7-11(2)14(10)15-17-18-16-19(15)12-8-3-4-9-13(12)20-16/h3-9H,1-2H3. The SMILES string of the molecule is Cc1cccc(C)c1-c1nnc2oc3ccccc3n12. The number of fused-ring (bicyclic) bond motifs is 3. The number of para-hydroxylation sites is 2. The summed E-state index contributed by atoms with van der Waals surface area (Å²) in [4.78, 5) is 0. The van der Waals surface area contributed by atoms with Crippen molar-refractivity contribution >= 4 is 16.9 Å². The highest BCUT2D eigenvalue weighted by atomic mass is 16.4. The van der Waals surface area contributed by atoms with Crippen LogP contribution in [0.5, 0.6) is 0 Å². The van der Waals surface area contributed by atoms with Crippen molar-refractivity contribution in [1.82, 2.24) is 14.6 Å². The summed E-state index contributed by atoms with van der Waals surface area (Å²) in [6, 6.07) is 14.1. The fraction of sp³-hybridized carbons (Fsp3) is 0.125. The van der Waals surface area contributed by atoms with E-state index >= 15 is 0 Å². The van der Waals surface area contributed by atoms with Crippen LogP contribution in [-0.4, -0.2) is 14.6 Å². The Morgan fingerprint density at radius 1 is 0.900 bits per heavy atom. The predicted molar refractivity (Wildman–Crippen MR) is 77.7 cm³/mol. The molecular weight excluding hydrogens is 250 g/mol. The van der Waals surface area contributed by atoms with Crippen LogP contribution in [0.25, 0.3) is 28.3 Å². The van der Waals surface area contributed by atoms with Gasteiger partial charge in [-0.25, -0.2) is 4.40 Å². The molecule has 0 radical (unpaired) electrons. The molecular formula is C16H13N3O. The lowest BCUT2D eigenvalue weighted by Gasteiger charge is -2.06. The molecule has 0 saturated carbocycles. The van der Waals surface area contributed by atoms with Gasteiger partial charge in [0.05, 0.1) is 5.52 Å². The Kier molecular flexibility index (Phi) is 2.21. The minimum absolute atomic E-state index is 0.531. The third kappa shape index (κ3) is 1.42. The zero-order valence-corrected chi connectivity index (χ0v) is 11.3. The molecule has 0 bridgehead atoms. The van der Waals surface area contributed by atoms with E-state index in [1.807, 2.05) is 28.7 Å². The highest BCUT2D eigenvalue weighted by Crippen LogP contribution is 2.29. The van der Waals surface area contributed by atoms with E-state index in [1.165, 1.54) is 11.1 Å². The Balaban J connectivity index is 2.15. The van der Waals surface area contributed by atoms with Gasteiger partial charge in [-0.2, -0.15) is 0 Å². The summed E-state index contributed by atoms with van der Waals surface area (Å²) in [7, 11) is 0. The number of benzene rings is 2. The predicted octanol–water partition coefficient (Wildman–Crippen LogP) is 3.76. The van der Waals surface area contributed by atoms with Gasteiger partial charge in [-0.1, -0.05) is 35.4 Å². The van der Waals surface area contributed by atoms with Gasteiger partial charge in [-0.15, -0.1) is 5.10 Å². The first-order valence-corrected chi connectivity index (χ1v) is 6.55. The summed E-state index contributed by atoms with van der Waals surface area (Å²) >= 11 is 0. The van der Waals surface area contributed by atoms with E-state index < -0.39 is 0 Å². The number of rotatable bonds is 1. The van der Waals surface area contributed by atoms with Crippen LogP contribution in [-0.2, 0) is 0 Å². The number of hydrogen-bond donors (Lipinski definition) is 0.